The van der Waals surface area contributed by atoms with Crippen LogP contribution < -0.4 is 5.32 Å². The number of thiazole rings is 1. The molecule has 0 radical (unpaired) electrons. The van der Waals surface area contributed by atoms with Gasteiger partial charge in [-0.05, 0) is 38.3 Å². The number of nitrogens with one attached hydrogen (secondary N) is 1. The van der Waals surface area contributed by atoms with Gasteiger partial charge < -0.3 is 5.32 Å². The average molecular weight is 286 g/mol. The van der Waals surface area contributed by atoms with Crippen LogP contribution in [-0.4, -0.2) is 11.0 Å². The van der Waals surface area contributed by atoms with Crippen LogP contribution in [0.1, 0.15) is 37.6 Å². The molecule has 2 aromatic rings. The Morgan fingerprint density at radius 3 is 2.60 bits per heavy atom. The van der Waals surface area contributed by atoms with Gasteiger partial charge in [-0.3, -0.25) is 0 Å². The van der Waals surface area contributed by atoms with Gasteiger partial charge in [0.05, 0.1) is 10.7 Å². The fourth-order valence-electron chi connectivity index (χ4n) is 2.81. The Morgan fingerprint density at radius 2 is 2.05 bits per heavy atom. The quantitative estimate of drug-likeness (QED) is 0.826. The SMILES string of the molecule is Cc1nc(-c2ccc(NC(C)CC3CCC3)cc2)cs1. The minimum atomic E-state index is 0.563. The molecule has 1 heterocycles. The fraction of sp³-hybridized carbons (Fsp3) is 0.471. The zero-order valence-electron chi connectivity index (χ0n) is 12.2. The summed E-state index contributed by atoms with van der Waals surface area (Å²) in [6.45, 7) is 4.34. The number of benzene rings is 1. The third-order valence-electron chi connectivity index (χ3n) is 4.12. The Morgan fingerprint density at radius 1 is 1.30 bits per heavy atom. The highest BCUT2D eigenvalue weighted by Gasteiger charge is 2.19. The topological polar surface area (TPSA) is 24.9 Å². The molecule has 0 saturated heterocycles. The Kier molecular flexibility index (Phi) is 4.06. The van der Waals surface area contributed by atoms with Gasteiger partial charge in [0.1, 0.15) is 0 Å². The smallest absolute Gasteiger partial charge is 0.0901 e. The van der Waals surface area contributed by atoms with Crippen molar-refractivity contribution in [2.45, 2.75) is 45.6 Å². The van der Waals surface area contributed by atoms with Crippen molar-refractivity contribution >= 4 is 17.0 Å². The Balaban J connectivity index is 1.60. The van der Waals surface area contributed by atoms with Crippen LogP contribution in [0.5, 0.6) is 0 Å². The summed E-state index contributed by atoms with van der Waals surface area (Å²) in [4.78, 5) is 4.53. The molecule has 1 atom stereocenters. The molecule has 1 saturated carbocycles. The third kappa shape index (κ3) is 3.21. The van der Waals surface area contributed by atoms with Crippen LogP contribution in [0.4, 0.5) is 5.69 Å². The van der Waals surface area contributed by atoms with Crippen LogP contribution in [0.3, 0.4) is 0 Å². The van der Waals surface area contributed by atoms with E-state index in [1.165, 1.54) is 36.9 Å². The second kappa shape index (κ2) is 5.96. The monoisotopic (exact) mass is 286 g/mol. The summed E-state index contributed by atoms with van der Waals surface area (Å²) in [5.41, 5.74) is 3.50. The minimum Gasteiger partial charge on any atom is -0.383 e. The van der Waals surface area contributed by atoms with E-state index in [0.717, 1.165) is 16.6 Å². The van der Waals surface area contributed by atoms with E-state index >= 15 is 0 Å². The zero-order chi connectivity index (χ0) is 13.9. The number of aromatic nitrogens is 1. The van der Waals surface area contributed by atoms with Crippen LogP contribution in [0.2, 0.25) is 0 Å². The Bertz CT molecular complexity index is 555. The standard InChI is InChI=1S/C17H22N2S/c1-12(10-14-4-3-5-14)18-16-8-6-15(7-9-16)17-11-20-13(2)19-17/h6-9,11-12,14,18H,3-5,10H2,1-2H3. The van der Waals surface area contributed by atoms with E-state index in [-0.39, 0.29) is 0 Å². The van der Waals surface area contributed by atoms with E-state index in [9.17, 15) is 0 Å². The van der Waals surface area contributed by atoms with E-state index in [4.69, 9.17) is 0 Å². The van der Waals surface area contributed by atoms with Gasteiger partial charge in [-0.1, -0.05) is 31.4 Å². The van der Waals surface area contributed by atoms with Crippen molar-refractivity contribution in [2.24, 2.45) is 5.92 Å². The molecule has 1 aliphatic rings. The van der Waals surface area contributed by atoms with Crippen LogP contribution in [0.15, 0.2) is 29.6 Å². The summed E-state index contributed by atoms with van der Waals surface area (Å²) in [7, 11) is 0. The van der Waals surface area contributed by atoms with Crippen molar-refractivity contribution in [3.05, 3.63) is 34.7 Å². The first kappa shape index (κ1) is 13.6. The highest BCUT2D eigenvalue weighted by atomic mass is 32.1. The summed E-state index contributed by atoms with van der Waals surface area (Å²) >= 11 is 1.70. The van der Waals surface area contributed by atoms with Crippen molar-refractivity contribution in [3.8, 4) is 11.3 Å². The van der Waals surface area contributed by atoms with Crippen molar-refractivity contribution in [3.63, 3.8) is 0 Å². The van der Waals surface area contributed by atoms with Gasteiger partial charge in [0.25, 0.3) is 0 Å². The maximum absolute atomic E-state index is 4.53. The lowest BCUT2D eigenvalue weighted by atomic mass is 9.81. The van der Waals surface area contributed by atoms with Crippen molar-refractivity contribution in [2.75, 3.05) is 5.32 Å². The number of hydrogen-bond acceptors (Lipinski definition) is 3. The maximum atomic E-state index is 4.53. The van der Waals surface area contributed by atoms with Gasteiger partial charge in [0.2, 0.25) is 0 Å². The summed E-state index contributed by atoms with van der Waals surface area (Å²) in [5.74, 6) is 0.953. The molecular formula is C17H22N2S. The zero-order valence-corrected chi connectivity index (χ0v) is 13.0. The molecule has 0 spiro atoms. The lowest BCUT2D eigenvalue weighted by Crippen LogP contribution is -2.23. The summed E-state index contributed by atoms with van der Waals surface area (Å²) in [5, 5.41) is 6.85. The molecule has 3 heteroatoms. The predicted molar refractivity (Wildman–Crippen MR) is 87.3 cm³/mol. The van der Waals surface area contributed by atoms with E-state index in [1.807, 2.05) is 6.92 Å². The molecule has 1 unspecified atom stereocenters. The number of aryl methyl sites for hydroxylation is 1. The molecule has 1 N–H and O–H groups in total. The summed E-state index contributed by atoms with van der Waals surface area (Å²) in [6, 6.07) is 9.22. The van der Waals surface area contributed by atoms with Crippen molar-refractivity contribution < 1.29 is 0 Å². The van der Waals surface area contributed by atoms with Gasteiger partial charge in [-0.2, -0.15) is 0 Å². The molecule has 2 nitrogen and oxygen atoms in total. The lowest BCUT2D eigenvalue weighted by molar-refractivity contribution is 0.286. The maximum Gasteiger partial charge on any atom is 0.0901 e. The average Bonchev–Trinajstić information content (AvgIpc) is 2.82. The molecule has 1 aromatic heterocycles. The summed E-state index contributed by atoms with van der Waals surface area (Å²) < 4.78 is 0. The molecule has 0 amide bonds. The molecular weight excluding hydrogens is 264 g/mol. The lowest BCUT2D eigenvalue weighted by Gasteiger charge is -2.28. The number of anilines is 1. The van der Waals surface area contributed by atoms with E-state index < -0.39 is 0 Å². The van der Waals surface area contributed by atoms with Gasteiger partial charge in [-0.25, -0.2) is 4.98 Å². The van der Waals surface area contributed by atoms with E-state index in [0.29, 0.717) is 6.04 Å². The van der Waals surface area contributed by atoms with Gasteiger partial charge >= 0.3 is 0 Å². The largest absolute Gasteiger partial charge is 0.383 e. The van der Waals surface area contributed by atoms with Crippen LogP contribution in [0, 0.1) is 12.8 Å². The molecule has 1 aromatic carbocycles. The first-order valence-electron chi connectivity index (χ1n) is 7.50. The van der Waals surface area contributed by atoms with Crippen LogP contribution in [-0.2, 0) is 0 Å². The van der Waals surface area contributed by atoms with E-state index in [2.05, 4.69) is 46.9 Å². The first-order chi connectivity index (χ1) is 9.70. The van der Waals surface area contributed by atoms with Gasteiger partial charge in [0.15, 0.2) is 0 Å². The van der Waals surface area contributed by atoms with Gasteiger partial charge in [-0.15, -0.1) is 11.3 Å². The minimum absolute atomic E-state index is 0.563. The molecule has 0 bridgehead atoms. The normalized spacial score (nSPS) is 16.7. The molecule has 20 heavy (non-hydrogen) atoms. The van der Waals surface area contributed by atoms with Crippen molar-refractivity contribution in [1.29, 1.82) is 0 Å². The van der Waals surface area contributed by atoms with Crippen molar-refractivity contribution in [1.82, 2.24) is 4.98 Å². The van der Waals surface area contributed by atoms with E-state index in [1.54, 1.807) is 11.3 Å². The first-order valence-corrected chi connectivity index (χ1v) is 8.38. The predicted octanol–water partition coefficient (Wildman–Crippen LogP) is 5.11. The molecule has 1 aliphatic carbocycles. The fourth-order valence-corrected chi connectivity index (χ4v) is 3.43. The van der Waals surface area contributed by atoms with Crippen LogP contribution in [0.25, 0.3) is 11.3 Å². The van der Waals surface area contributed by atoms with Gasteiger partial charge in [0, 0.05) is 22.7 Å². The molecule has 1 fully saturated rings. The third-order valence-corrected chi connectivity index (χ3v) is 4.90. The summed E-state index contributed by atoms with van der Waals surface area (Å²) in [6.07, 6.45) is 5.58. The van der Waals surface area contributed by atoms with Crippen LogP contribution >= 0.6 is 11.3 Å². The molecule has 106 valence electrons. The number of rotatable bonds is 5. The Hall–Kier alpha value is -1.35. The highest BCUT2D eigenvalue weighted by Crippen LogP contribution is 2.31. The number of hydrogen-bond donors (Lipinski definition) is 1. The second-order valence-corrected chi connectivity index (χ2v) is 6.97. The molecule has 3 rings (SSSR count). The molecule has 0 aliphatic heterocycles. The number of nitrogens with zero attached hydrogens (tertiary/aromatic N) is 1. The Labute approximate surface area is 125 Å². The second-order valence-electron chi connectivity index (χ2n) is 5.91. The highest BCUT2D eigenvalue weighted by molar-refractivity contribution is 7.09.